The summed E-state index contributed by atoms with van der Waals surface area (Å²) in [4.78, 5) is 16.5. The molecule has 0 aliphatic heterocycles. The Morgan fingerprint density at radius 1 is 1.35 bits per heavy atom. The van der Waals surface area contributed by atoms with Crippen molar-refractivity contribution in [2.24, 2.45) is 0 Å². The highest BCUT2D eigenvalue weighted by Gasteiger charge is 2.21. The van der Waals surface area contributed by atoms with Gasteiger partial charge in [0.2, 0.25) is 0 Å². The Bertz CT molecular complexity index is 628. The van der Waals surface area contributed by atoms with Crippen molar-refractivity contribution < 1.29 is 23.2 Å². The van der Waals surface area contributed by atoms with Crippen molar-refractivity contribution in [2.45, 2.75) is 30.8 Å². The Kier molecular flexibility index (Phi) is 6.51. The largest absolute Gasteiger partial charge is 0.388 e. The van der Waals surface area contributed by atoms with E-state index in [0.29, 0.717) is 12.1 Å². The van der Waals surface area contributed by atoms with Gasteiger partial charge in [-0.25, -0.2) is 13.2 Å². The number of urea groups is 1. The molecule has 1 atom stereocenters. The molecule has 0 spiro atoms. The first kappa shape index (κ1) is 19.4. The maximum Gasteiger partial charge on any atom is 0.319 e. The van der Waals surface area contributed by atoms with Gasteiger partial charge < -0.3 is 15.7 Å². The van der Waals surface area contributed by atoms with Gasteiger partial charge >= 0.3 is 6.03 Å². The Balaban J connectivity index is 2.70. The summed E-state index contributed by atoms with van der Waals surface area (Å²) in [5.74, 6) is 0. The number of hydroxylamine groups is 1. The van der Waals surface area contributed by atoms with Gasteiger partial charge in [-0.05, 0) is 37.6 Å². The zero-order chi connectivity index (χ0) is 17.7. The van der Waals surface area contributed by atoms with Crippen LogP contribution in [-0.2, 0) is 14.9 Å². The van der Waals surface area contributed by atoms with Crippen LogP contribution in [0.2, 0.25) is 0 Å². The number of carbonyl (C=O) groups is 1. The molecule has 2 amide bonds. The third-order valence-electron chi connectivity index (χ3n) is 3.40. The third kappa shape index (κ3) is 5.47. The van der Waals surface area contributed by atoms with E-state index < -0.39 is 21.7 Å². The molecule has 0 saturated carbocycles. The minimum Gasteiger partial charge on any atom is -0.388 e. The van der Waals surface area contributed by atoms with E-state index in [-0.39, 0.29) is 11.4 Å². The van der Waals surface area contributed by atoms with Gasteiger partial charge in [-0.1, -0.05) is 11.4 Å². The van der Waals surface area contributed by atoms with Crippen molar-refractivity contribution in [3.63, 3.8) is 0 Å². The molecule has 1 rings (SSSR count). The average molecular weight is 345 g/mol. The van der Waals surface area contributed by atoms with Gasteiger partial charge in [0.15, 0.2) is 0 Å². The molecule has 8 nitrogen and oxygen atoms in total. The molecule has 0 bridgehead atoms. The zero-order valence-electron chi connectivity index (χ0n) is 13.7. The molecule has 0 radical (unpaired) electrons. The van der Waals surface area contributed by atoms with E-state index in [1.165, 1.54) is 38.4 Å². The molecular formula is C14H23N3O5S. The summed E-state index contributed by atoms with van der Waals surface area (Å²) >= 11 is 0. The van der Waals surface area contributed by atoms with Crippen molar-refractivity contribution in [3.8, 4) is 0 Å². The Labute approximate surface area is 136 Å². The highest BCUT2D eigenvalue weighted by atomic mass is 32.2. The number of amides is 2. The van der Waals surface area contributed by atoms with Gasteiger partial charge in [0.25, 0.3) is 10.0 Å². The van der Waals surface area contributed by atoms with Crippen LogP contribution in [0.15, 0.2) is 29.2 Å². The monoisotopic (exact) mass is 345 g/mol. The smallest absolute Gasteiger partial charge is 0.319 e. The number of nitrogens with zero attached hydrogens (tertiary/aromatic N) is 1. The lowest BCUT2D eigenvalue weighted by Crippen LogP contribution is -2.41. The normalized spacial score (nSPS) is 14.3. The standard InChI is InChI=1S/C14H23N3O5S/c1-5-14(2,19)10-15-13(18)16-11-6-8-12(9-7-11)23(20,21)17(3)22-4/h6-9,19H,5,10H2,1-4H3,(H2,15,16,18)/t14-/m1/s1. The van der Waals surface area contributed by atoms with E-state index in [1.807, 2.05) is 6.92 Å². The van der Waals surface area contributed by atoms with Crippen molar-refractivity contribution in [1.82, 2.24) is 9.79 Å². The van der Waals surface area contributed by atoms with Gasteiger partial charge in [0.1, 0.15) is 0 Å². The van der Waals surface area contributed by atoms with Gasteiger partial charge in [-0.2, -0.15) is 0 Å². The van der Waals surface area contributed by atoms with E-state index in [0.717, 1.165) is 4.47 Å². The first-order valence-electron chi connectivity index (χ1n) is 7.02. The molecule has 0 heterocycles. The van der Waals surface area contributed by atoms with Crippen LogP contribution >= 0.6 is 0 Å². The van der Waals surface area contributed by atoms with Crippen molar-refractivity contribution in [1.29, 1.82) is 0 Å². The molecule has 0 saturated heterocycles. The maximum atomic E-state index is 12.0. The predicted molar refractivity (Wildman–Crippen MR) is 86.3 cm³/mol. The second-order valence-corrected chi connectivity index (χ2v) is 7.22. The average Bonchev–Trinajstić information content (AvgIpc) is 2.52. The molecule has 0 unspecified atom stereocenters. The minimum absolute atomic E-state index is 0.0433. The summed E-state index contributed by atoms with van der Waals surface area (Å²) in [6.45, 7) is 3.55. The van der Waals surface area contributed by atoms with Crippen LogP contribution < -0.4 is 10.6 Å². The second kappa shape index (κ2) is 7.73. The lowest BCUT2D eigenvalue weighted by atomic mass is 10.0. The first-order valence-corrected chi connectivity index (χ1v) is 8.46. The molecule has 0 fully saturated rings. The molecule has 0 aliphatic carbocycles. The second-order valence-electron chi connectivity index (χ2n) is 5.28. The molecule has 0 aromatic heterocycles. The van der Waals surface area contributed by atoms with Gasteiger partial charge in [-0.3, -0.25) is 4.84 Å². The van der Waals surface area contributed by atoms with E-state index in [2.05, 4.69) is 15.5 Å². The fourth-order valence-electron chi connectivity index (χ4n) is 1.53. The molecule has 23 heavy (non-hydrogen) atoms. The third-order valence-corrected chi connectivity index (χ3v) is 5.09. The highest BCUT2D eigenvalue weighted by molar-refractivity contribution is 7.89. The number of aliphatic hydroxyl groups is 1. The summed E-state index contributed by atoms with van der Waals surface area (Å²) in [5, 5.41) is 14.9. The molecule has 3 N–H and O–H groups in total. The topological polar surface area (TPSA) is 108 Å². The number of rotatable bonds is 7. The van der Waals surface area contributed by atoms with Crippen LogP contribution in [0.5, 0.6) is 0 Å². The molecule has 1 aromatic carbocycles. The molecule has 0 aliphatic rings. The van der Waals surface area contributed by atoms with E-state index in [1.54, 1.807) is 6.92 Å². The summed E-state index contributed by atoms with van der Waals surface area (Å²) in [6, 6.07) is 5.18. The minimum atomic E-state index is -3.72. The maximum absolute atomic E-state index is 12.0. The quantitative estimate of drug-likeness (QED) is 0.643. The molecular weight excluding hydrogens is 322 g/mol. The molecule has 130 valence electrons. The Morgan fingerprint density at radius 2 is 1.91 bits per heavy atom. The zero-order valence-corrected chi connectivity index (χ0v) is 14.5. The number of hydrogen-bond donors (Lipinski definition) is 3. The molecule has 1 aromatic rings. The summed E-state index contributed by atoms with van der Waals surface area (Å²) in [6.07, 6.45) is 0.507. The summed E-state index contributed by atoms with van der Waals surface area (Å²) in [5.41, 5.74) is -0.544. The number of anilines is 1. The van der Waals surface area contributed by atoms with Crippen LogP contribution in [0.25, 0.3) is 0 Å². The Hall–Kier alpha value is -1.68. The van der Waals surface area contributed by atoms with Crippen LogP contribution in [0.1, 0.15) is 20.3 Å². The van der Waals surface area contributed by atoms with Crippen LogP contribution in [0.3, 0.4) is 0 Å². The van der Waals surface area contributed by atoms with E-state index in [4.69, 9.17) is 0 Å². The Morgan fingerprint density at radius 3 is 2.39 bits per heavy atom. The van der Waals surface area contributed by atoms with E-state index >= 15 is 0 Å². The number of hydrogen-bond acceptors (Lipinski definition) is 5. The van der Waals surface area contributed by atoms with Gasteiger partial charge in [0, 0.05) is 19.3 Å². The lowest BCUT2D eigenvalue weighted by molar-refractivity contribution is -0.0258. The van der Waals surface area contributed by atoms with Crippen LogP contribution in [0.4, 0.5) is 10.5 Å². The first-order chi connectivity index (χ1) is 10.6. The highest BCUT2D eigenvalue weighted by Crippen LogP contribution is 2.17. The van der Waals surface area contributed by atoms with Crippen molar-refractivity contribution in [2.75, 3.05) is 26.0 Å². The van der Waals surface area contributed by atoms with Crippen LogP contribution in [0, 0.1) is 0 Å². The number of carbonyl (C=O) groups excluding carboxylic acids is 1. The van der Waals surface area contributed by atoms with E-state index in [9.17, 15) is 18.3 Å². The number of sulfonamides is 1. The fraction of sp³-hybridized carbons (Fsp3) is 0.500. The predicted octanol–water partition coefficient (Wildman–Crippen LogP) is 1.15. The van der Waals surface area contributed by atoms with Crippen LogP contribution in [-0.4, -0.2) is 50.3 Å². The van der Waals surface area contributed by atoms with Gasteiger partial charge in [-0.15, -0.1) is 0 Å². The lowest BCUT2D eigenvalue weighted by Gasteiger charge is -2.21. The molecule has 9 heteroatoms. The van der Waals surface area contributed by atoms with Crippen molar-refractivity contribution in [3.05, 3.63) is 24.3 Å². The van der Waals surface area contributed by atoms with Gasteiger partial charge in [0.05, 0.1) is 17.6 Å². The SMILES string of the molecule is CC[C@@](C)(O)CNC(=O)Nc1ccc(S(=O)(=O)N(C)OC)cc1. The fourth-order valence-corrected chi connectivity index (χ4v) is 2.50. The van der Waals surface area contributed by atoms with Crippen molar-refractivity contribution >= 4 is 21.7 Å². The number of benzene rings is 1. The summed E-state index contributed by atoms with van der Waals surface area (Å²) in [7, 11) is -1.18. The summed E-state index contributed by atoms with van der Waals surface area (Å²) < 4.78 is 24.8. The number of nitrogens with one attached hydrogen (secondary N) is 2.